The van der Waals surface area contributed by atoms with Crippen LogP contribution in [0.25, 0.3) is 0 Å². The number of ether oxygens (including phenoxy) is 3. The summed E-state index contributed by atoms with van der Waals surface area (Å²) < 4.78 is 42.2. The van der Waals surface area contributed by atoms with Crippen LogP contribution in [0.4, 0.5) is 5.69 Å². The Morgan fingerprint density at radius 1 is 1.00 bits per heavy atom. The van der Waals surface area contributed by atoms with E-state index >= 15 is 0 Å². The van der Waals surface area contributed by atoms with Gasteiger partial charge in [-0.2, -0.15) is 0 Å². The standard InChI is InChI=1S/C24H33N3O7S/c1-7-20(24(29)25-2)26(15-17-9-8-10-19(13-17)32-3)23(28)16-27(35(6,30)31)18-11-12-21(33-4)22(14-18)34-5/h8-14,20H,7,15-16H2,1-6H3,(H,25,29). The number of methoxy groups -OCH3 is 3. The number of hydrogen-bond donors (Lipinski definition) is 1. The van der Waals surface area contributed by atoms with Gasteiger partial charge in [0.05, 0.1) is 33.3 Å². The van der Waals surface area contributed by atoms with Crippen LogP contribution in [0.3, 0.4) is 0 Å². The van der Waals surface area contributed by atoms with Crippen LogP contribution in [0, 0.1) is 0 Å². The molecular weight excluding hydrogens is 474 g/mol. The Morgan fingerprint density at radius 3 is 2.23 bits per heavy atom. The van der Waals surface area contributed by atoms with Gasteiger partial charge in [-0.15, -0.1) is 0 Å². The Hall–Kier alpha value is -3.47. The number of benzene rings is 2. The number of nitrogens with one attached hydrogen (secondary N) is 1. The third-order valence-electron chi connectivity index (χ3n) is 5.45. The van der Waals surface area contributed by atoms with Crippen LogP contribution >= 0.6 is 0 Å². The average Bonchev–Trinajstić information content (AvgIpc) is 2.85. The number of anilines is 1. The van der Waals surface area contributed by atoms with Crippen molar-refractivity contribution in [1.82, 2.24) is 10.2 Å². The summed E-state index contributed by atoms with van der Waals surface area (Å²) in [6, 6.07) is 10.9. The fraction of sp³-hybridized carbons (Fsp3) is 0.417. The fourth-order valence-electron chi connectivity index (χ4n) is 3.65. The molecule has 2 amide bonds. The van der Waals surface area contributed by atoms with Crippen LogP contribution in [-0.2, 0) is 26.2 Å². The molecule has 0 spiro atoms. The lowest BCUT2D eigenvalue weighted by atomic mass is 10.1. The van der Waals surface area contributed by atoms with Crippen LogP contribution in [0.1, 0.15) is 18.9 Å². The van der Waals surface area contributed by atoms with Gasteiger partial charge < -0.3 is 24.4 Å². The van der Waals surface area contributed by atoms with Gasteiger partial charge in [0.25, 0.3) is 0 Å². The van der Waals surface area contributed by atoms with Crippen LogP contribution < -0.4 is 23.8 Å². The minimum atomic E-state index is -3.86. The van der Waals surface area contributed by atoms with Crippen LogP contribution in [0.5, 0.6) is 17.2 Å². The summed E-state index contributed by atoms with van der Waals surface area (Å²) >= 11 is 0. The molecule has 0 aliphatic heterocycles. The van der Waals surface area contributed by atoms with Crippen molar-refractivity contribution in [3.8, 4) is 17.2 Å². The van der Waals surface area contributed by atoms with Crippen molar-refractivity contribution < 1.29 is 32.2 Å². The van der Waals surface area contributed by atoms with Crippen LogP contribution in [0.15, 0.2) is 42.5 Å². The second kappa shape index (κ2) is 12.3. The van der Waals surface area contributed by atoms with Crippen molar-refractivity contribution in [2.75, 3.05) is 45.5 Å². The lowest BCUT2D eigenvalue weighted by Crippen LogP contribution is -2.51. The number of rotatable bonds is 12. The van der Waals surface area contributed by atoms with Crippen LogP contribution in [-0.4, -0.2) is 72.4 Å². The van der Waals surface area contributed by atoms with Crippen molar-refractivity contribution >= 4 is 27.5 Å². The summed E-state index contributed by atoms with van der Waals surface area (Å²) in [6.07, 6.45) is 1.35. The monoisotopic (exact) mass is 507 g/mol. The first kappa shape index (κ1) is 27.8. The number of likely N-dealkylation sites (N-methyl/N-ethyl adjacent to an activating group) is 1. The van der Waals surface area contributed by atoms with Gasteiger partial charge in [-0.1, -0.05) is 19.1 Å². The smallest absolute Gasteiger partial charge is 0.244 e. The van der Waals surface area contributed by atoms with Gasteiger partial charge in [0, 0.05) is 19.7 Å². The van der Waals surface area contributed by atoms with E-state index in [1.54, 1.807) is 31.2 Å². The summed E-state index contributed by atoms with van der Waals surface area (Å²) in [5.41, 5.74) is 0.963. The molecule has 35 heavy (non-hydrogen) atoms. The average molecular weight is 508 g/mol. The zero-order valence-corrected chi connectivity index (χ0v) is 21.7. The molecule has 1 N–H and O–H groups in total. The molecule has 0 bridgehead atoms. The van der Waals surface area contributed by atoms with Gasteiger partial charge in [0.15, 0.2) is 11.5 Å². The van der Waals surface area contributed by atoms with E-state index in [1.165, 1.54) is 45.4 Å². The largest absolute Gasteiger partial charge is 0.497 e. The van der Waals surface area contributed by atoms with E-state index in [4.69, 9.17) is 14.2 Å². The second-order valence-corrected chi connectivity index (χ2v) is 9.63. The van der Waals surface area contributed by atoms with Gasteiger partial charge in [0.1, 0.15) is 18.3 Å². The van der Waals surface area contributed by atoms with Crippen molar-refractivity contribution in [3.05, 3.63) is 48.0 Å². The molecule has 0 radical (unpaired) electrons. The molecule has 10 nitrogen and oxygen atoms in total. The lowest BCUT2D eigenvalue weighted by Gasteiger charge is -2.32. The first-order chi connectivity index (χ1) is 16.6. The quantitative estimate of drug-likeness (QED) is 0.468. The van der Waals surface area contributed by atoms with E-state index in [1.807, 2.05) is 6.07 Å². The van der Waals surface area contributed by atoms with Crippen molar-refractivity contribution in [1.29, 1.82) is 0 Å². The second-order valence-electron chi connectivity index (χ2n) is 7.72. The Kier molecular flexibility index (Phi) is 9.76. The third kappa shape index (κ3) is 7.01. The number of carbonyl (C=O) groups excluding carboxylic acids is 2. The summed E-state index contributed by atoms with van der Waals surface area (Å²) in [5, 5.41) is 2.58. The predicted molar refractivity (Wildman–Crippen MR) is 133 cm³/mol. The first-order valence-corrected chi connectivity index (χ1v) is 12.8. The molecule has 0 aliphatic carbocycles. The zero-order valence-electron chi connectivity index (χ0n) is 20.9. The van der Waals surface area contributed by atoms with Gasteiger partial charge in [0.2, 0.25) is 21.8 Å². The Bertz CT molecular complexity index is 1140. The minimum absolute atomic E-state index is 0.0888. The Labute approximate surface area is 206 Å². The molecule has 0 saturated carbocycles. The van der Waals surface area contributed by atoms with E-state index < -0.39 is 28.5 Å². The predicted octanol–water partition coefficient (Wildman–Crippen LogP) is 2.03. The van der Waals surface area contributed by atoms with Crippen molar-refractivity contribution in [2.24, 2.45) is 0 Å². The highest BCUT2D eigenvalue weighted by Crippen LogP contribution is 2.32. The summed E-state index contributed by atoms with van der Waals surface area (Å²) in [6.45, 7) is 1.37. The molecule has 0 saturated heterocycles. The number of carbonyl (C=O) groups is 2. The number of nitrogens with zero attached hydrogens (tertiary/aromatic N) is 2. The highest BCUT2D eigenvalue weighted by atomic mass is 32.2. The molecule has 0 aromatic heterocycles. The topological polar surface area (TPSA) is 114 Å². The molecule has 2 aromatic rings. The van der Waals surface area contributed by atoms with E-state index in [9.17, 15) is 18.0 Å². The van der Waals surface area contributed by atoms with Crippen molar-refractivity contribution in [2.45, 2.75) is 25.9 Å². The molecular formula is C24H33N3O7S. The van der Waals surface area contributed by atoms with Gasteiger partial charge in [-0.3, -0.25) is 13.9 Å². The lowest BCUT2D eigenvalue weighted by molar-refractivity contribution is -0.140. The zero-order chi connectivity index (χ0) is 26.2. The molecule has 2 aromatic carbocycles. The SMILES string of the molecule is CCC(C(=O)NC)N(Cc1cccc(OC)c1)C(=O)CN(c1ccc(OC)c(OC)c1)S(C)(=O)=O. The third-order valence-corrected chi connectivity index (χ3v) is 6.59. The molecule has 1 unspecified atom stereocenters. The maximum atomic E-state index is 13.6. The van der Waals surface area contributed by atoms with E-state index in [-0.39, 0.29) is 18.1 Å². The Morgan fingerprint density at radius 2 is 1.69 bits per heavy atom. The van der Waals surface area contributed by atoms with E-state index in [0.717, 1.165) is 16.1 Å². The fourth-order valence-corrected chi connectivity index (χ4v) is 4.49. The highest BCUT2D eigenvalue weighted by molar-refractivity contribution is 7.92. The summed E-state index contributed by atoms with van der Waals surface area (Å²) in [4.78, 5) is 27.6. The van der Waals surface area contributed by atoms with Gasteiger partial charge in [-0.25, -0.2) is 8.42 Å². The molecule has 192 valence electrons. The number of sulfonamides is 1. The molecule has 2 rings (SSSR count). The number of hydrogen-bond acceptors (Lipinski definition) is 7. The molecule has 0 aliphatic rings. The maximum absolute atomic E-state index is 13.6. The van der Waals surface area contributed by atoms with Crippen LogP contribution in [0.2, 0.25) is 0 Å². The summed E-state index contributed by atoms with van der Waals surface area (Å²) in [5.74, 6) is 0.452. The molecule has 0 fully saturated rings. The summed E-state index contributed by atoms with van der Waals surface area (Å²) in [7, 11) is 2.06. The first-order valence-electron chi connectivity index (χ1n) is 10.9. The maximum Gasteiger partial charge on any atom is 0.244 e. The minimum Gasteiger partial charge on any atom is -0.497 e. The van der Waals surface area contributed by atoms with E-state index in [2.05, 4.69) is 5.32 Å². The van der Waals surface area contributed by atoms with Gasteiger partial charge in [-0.05, 0) is 36.2 Å². The molecule has 11 heteroatoms. The van der Waals surface area contributed by atoms with Crippen molar-refractivity contribution in [3.63, 3.8) is 0 Å². The van der Waals surface area contributed by atoms with E-state index in [0.29, 0.717) is 23.7 Å². The molecule has 1 atom stereocenters. The normalized spacial score (nSPS) is 11.8. The number of amides is 2. The van der Waals surface area contributed by atoms with Gasteiger partial charge >= 0.3 is 0 Å². The Balaban J connectivity index is 2.48. The highest BCUT2D eigenvalue weighted by Gasteiger charge is 2.31. The molecule has 0 heterocycles.